The molecular formula is C18H18N2O. The van der Waals surface area contributed by atoms with Crippen LogP contribution in [0.15, 0.2) is 48.5 Å². The van der Waals surface area contributed by atoms with Crippen molar-refractivity contribution in [2.24, 2.45) is 0 Å². The fourth-order valence-corrected chi connectivity index (χ4v) is 2.37. The Labute approximate surface area is 125 Å². The van der Waals surface area contributed by atoms with Gasteiger partial charge in [0.2, 0.25) is 0 Å². The molecule has 0 unspecified atom stereocenters. The Kier molecular flexibility index (Phi) is 4.73. The molecule has 0 saturated carbocycles. The Balaban J connectivity index is 2.25. The molecule has 0 spiro atoms. The first kappa shape index (κ1) is 14.8. The van der Waals surface area contributed by atoms with Crippen molar-refractivity contribution >= 4 is 5.91 Å². The summed E-state index contributed by atoms with van der Waals surface area (Å²) in [6, 6.07) is 17.5. The highest BCUT2D eigenvalue weighted by molar-refractivity contribution is 5.94. The molecule has 106 valence electrons. The fraction of sp³-hybridized carbons (Fsp3) is 0.222. The van der Waals surface area contributed by atoms with E-state index in [-0.39, 0.29) is 12.5 Å². The van der Waals surface area contributed by atoms with Crippen molar-refractivity contribution in [3.05, 3.63) is 70.8 Å². The van der Waals surface area contributed by atoms with Crippen LogP contribution in [0.3, 0.4) is 0 Å². The molecule has 2 rings (SSSR count). The number of amides is 1. The number of hydrogen-bond donors (Lipinski definition) is 0. The van der Waals surface area contributed by atoms with Crippen LogP contribution in [0.4, 0.5) is 0 Å². The zero-order chi connectivity index (χ0) is 15.2. The molecule has 1 amide bonds. The van der Waals surface area contributed by atoms with E-state index in [4.69, 9.17) is 5.26 Å². The van der Waals surface area contributed by atoms with Gasteiger partial charge in [0, 0.05) is 12.1 Å². The standard InChI is InChI=1S/C18H18N2O/c1-14-10-15(2)12-17(11-14)18(21)20(9-8-19)13-16-6-4-3-5-7-16/h3-7,10-12H,9,13H2,1-2H3. The number of nitriles is 1. The van der Waals surface area contributed by atoms with E-state index in [1.165, 1.54) is 0 Å². The second kappa shape index (κ2) is 6.71. The van der Waals surface area contributed by atoms with Crippen molar-refractivity contribution in [1.82, 2.24) is 4.90 Å². The van der Waals surface area contributed by atoms with E-state index in [0.29, 0.717) is 12.1 Å². The SMILES string of the molecule is Cc1cc(C)cc(C(=O)N(CC#N)Cc2ccccc2)c1. The van der Waals surface area contributed by atoms with Crippen molar-refractivity contribution in [3.63, 3.8) is 0 Å². The lowest BCUT2D eigenvalue weighted by Crippen LogP contribution is -2.31. The Hall–Kier alpha value is -2.60. The maximum absolute atomic E-state index is 12.6. The summed E-state index contributed by atoms with van der Waals surface area (Å²) in [5, 5.41) is 8.98. The van der Waals surface area contributed by atoms with Gasteiger partial charge in [0.25, 0.3) is 5.91 Å². The molecule has 21 heavy (non-hydrogen) atoms. The smallest absolute Gasteiger partial charge is 0.255 e. The Morgan fingerprint density at radius 1 is 1.10 bits per heavy atom. The predicted octanol–water partition coefficient (Wildman–Crippen LogP) is 3.47. The molecule has 0 atom stereocenters. The molecule has 0 heterocycles. The van der Waals surface area contributed by atoms with Gasteiger partial charge in [0.05, 0.1) is 6.07 Å². The first-order chi connectivity index (χ1) is 10.1. The third kappa shape index (κ3) is 3.93. The van der Waals surface area contributed by atoms with E-state index < -0.39 is 0 Å². The molecule has 3 nitrogen and oxygen atoms in total. The van der Waals surface area contributed by atoms with Crippen LogP contribution >= 0.6 is 0 Å². The summed E-state index contributed by atoms with van der Waals surface area (Å²) in [6.07, 6.45) is 0. The number of nitrogens with zero attached hydrogens (tertiary/aromatic N) is 2. The number of hydrogen-bond acceptors (Lipinski definition) is 2. The summed E-state index contributed by atoms with van der Waals surface area (Å²) in [4.78, 5) is 14.2. The monoisotopic (exact) mass is 278 g/mol. The van der Waals surface area contributed by atoms with Crippen molar-refractivity contribution in [1.29, 1.82) is 5.26 Å². The van der Waals surface area contributed by atoms with E-state index in [9.17, 15) is 4.79 Å². The van der Waals surface area contributed by atoms with Crippen LogP contribution in [-0.4, -0.2) is 17.4 Å². The highest BCUT2D eigenvalue weighted by atomic mass is 16.2. The highest BCUT2D eigenvalue weighted by Gasteiger charge is 2.16. The third-order valence-corrected chi connectivity index (χ3v) is 3.23. The van der Waals surface area contributed by atoms with Gasteiger partial charge in [0.15, 0.2) is 0 Å². The van der Waals surface area contributed by atoms with Crippen molar-refractivity contribution in [2.45, 2.75) is 20.4 Å². The summed E-state index contributed by atoms with van der Waals surface area (Å²) < 4.78 is 0. The summed E-state index contributed by atoms with van der Waals surface area (Å²) in [6.45, 7) is 4.46. The van der Waals surface area contributed by atoms with Crippen molar-refractivity contribution in [2.75, 3.05) is 6.54 Å². The summed E-state index contributed by atoms with van der Waals surface area (Å²) in [7, 11) is 0. The van der Waals surface area contributed by atoms with E-state index in [0.717, 1.165) is 16.7 Å². The van der Waals surface area contributed by atoms with Crippen LogP contribution in [0, 0.1) is 25.2 Å². The molecule has 0 N–H and O–H groups in total. The van der Waals surface area contributed by atoms with Crippen LogP contribution in [0.25, 0.3) is 0 Å². The molecule has 0 saturated heterocycles. The quantitative estimate of drug-likeness (QED) is 0.804. The zero-order valence-electron chi connectivity index (χ0n) is 12.3. The van der Waals surface area contributed by atoms with Gasteiger partial charge in [-0.15, -0.1) is 0 Å². The van der Waals surface area contributed by atoms with Crippen LogP contribution in [0.5, 0.6) is 0 Å². The molecule has 0 radical (unpaired) electrons. The van der Waals surface area contributed by atoms with Crippen molar-refractivity contribution < 1.29 is 4.79 Å². The molecule has 0 aliphatic rings. The topological polar surface area (TPSA) is 44.1 Å². The predicted molar refractivity (Wildman–Crippen MR) is 82.7 cm³/mol. The van der Waals surface area contributed by atoms with Gasteiger partial charge >= 0.3 is 0 Å². The largest absolute Gasteiger partial charge is 0.321 e. The molecule has 0 fully saturated rings. The lowest BCUT2D eigenvalue weighted by Gasteiger charge is -2.20. The molecule has 3 heteroatoms. The average Bonchev–Trinajstić information content (AvgIpc) is 2.46. The third-order valence-electron chi connectivity index (χ3n) is 3.23. The maximum Gasteiger partial charge on any atom is 0.255 e. The molecular weight excluding hydrogens is 260 g/mol. The van der Waals surface area contributed by atoms with E-state index >= 15 is 0 Å². The summed E-state index contributed by atoms with van der Waals surface area (Å²) >= 11 is 0. The van der Waals surface area contributed by atoms with Crippen LogP contribution in [0.2, 0.25) is 0 Å². The van der Waals surface area contributed by atoms with E-state index in [1.807, 2.05) is 62.4 Å². The van der Waals surface area contributed by atoms with Gasteiger partial charge in [0.1, 0.15) is 6.54 Å². The van der Waals surface area contributed by atoms with Crippen LogP contribution < -0.4 is 0 Å². The van der Waals surface area contributed by atoms with Gasteiger partial charge in [-0.3, -0.25) is 4.79 Å². The van der Waals surface area contributed by atoms with Gasteiger partial charge in [-0.2, -0.15) is 5.26 Å². The lowest BCUT2D eigenvalue weighted by atomic mass is 10.1. The van der Waals surface area contributed by atoms with Gasteiger partial charge in [-0.05, 0) is 31.5 Å². The Morgan fingerprint density at radius 3 is 2.29 bits per heavy atom. The first-order valence-corrected chi connectivity index (χ1v) is 6.88. The first-order valence-electron chi connectivity index (χ1n) is 6.88. The number of carbonyl (C=O) groups is 1. The van der Waals surface area contributed by atoms with E-state index in [1.54, 1.807) is 4.90 Å². The number of rotatable bonds is 4. The fourth-order valence-electron chi connectivity index (χ4n) is 2.37. The zero-order valence-corrected chi connectivity index (χ0v) is 12.3. The second-order valence-corrected chi connectivity index (χ2v) is 5.18. The molecule has 0 aromatic heterocycles. The van der Waals surface area contributed by atoms with Crippen LogP contribution in [0.1, 0.15) is 27.0 Å². The van der Waals surface area contributed by atoms with Gasteiger partial charge < -0.3 is 4.90 Å². The molecule has 2 aromatic carbocycles. The lowest BCUT2D eigenvalue weighted by molar-refractivity contribution is 0.0765. The second-order valence-electron chi connectivity index (χ2n) is 5.18. The minimum atomic E-state index is -0.104. The Morgan fingerprint density at radius 2 is 1.71 bits per heavy atom. The highest BCUT2D eigenvalue weighted by Crippen LogP contribution is 2.13. The minimum absolute atomic E-state index is 0.0840. The molecule has 2 aromatic rings. The average molecular weight is 278 g/mol. The molecule has 0 aliphatic carbocycles. The Bertz CT molecular complexity index is 651. The maximum atomic E-state index is 12.6. The number of aryl methyl sites for hydroxylation is 2. The van der Waals surface area contributed by atoms with E-state index in [2.05, 4.69) is 6.07 Å². The van der Waals surface area contributed by atoms with Crippen LogP contribution in [-0.2, 0) is 6.54 Å². The normalized spacial score (nSPS) is 9.95. The molecule has 0 aliphatic heterocycles. The van der Waals surface area contributed by atoms with Gasteiger partial charge in [-0.1, -0.05) is 47.5 Å². The van der Waals surface area contributed by atoms with Gasteiger partial charge in [-0.25, -0.2) is 0 Å². The number of benzene rings is 2. The minimum Gasteiger partial charge on any atom is -0.321 e. The number of carbonyl (C=O) groups excluding carboxylic acids is 1. The van der Waals surface area contributed by atoms with Crippen molar-refractivity contribution in [3.8, 4) is 6.07 Å². The summed E-state index contributed by atoms with van der Waals surface area (Å²) in [5.41, 5.74) is 3.76. The molecule has 0 bridgehead atoms. The summed E-state index contributed by atoms with van der Waals surface area (Å²) in [5.74, 6) is -0.104.